The number of imide groups is 2. The van der Waals surface area contributed by atoms with Crippen LogP contribution in [-0.4, -0.2) is 45.7 Å². The van der Waals surface area contributed by atoms with E-state index in [9.17, 15) is 28.8 Å². The average molecular weight is 394 g/mol. The minimum Gasteiger partial charge on any atom is -0.330 e. The second-order valence-electron chi connectivity index (χ2n) is 7.56. The van der Waals surface area contributed by atoms with E-state index in [1.807, 2.05) is 13.8 Å². The van der Waals surface area contributed by atoms with E-state index in [0.717, 1.165) is 0 Å². The Morgan fingerprint density at radius 1 is 0.821 bits per heavy atom. The van der Waals surface area contributed by atoms with Crippen LogP contribution >= 0.6 is 0 Å². The number of amides is 4. The third-order valence-corrected chi connectivity index (χ3v) is 5.88. The van der Waals surface area contributed by atoms with Crippen molar-refractivity contribution < 1.29 is 38.4 Å². The van der Waals surface area contributed by atoms with Gasteiger partial charge in [0.25, 0.3) is 23.6 Å². The Labute approximate surface area is 161 Å². The summed E-state index contributed by atoms with van der Waals surface area (Å²) in [6.45, 7) is 3.72. The average Bonchev–Trinajstić information content (AvgIpc) is 3.23. The summed E-state index contributed by atoms with van der Waals surface area (Å²) >= 11 is 0. The number of nitrogens with zero attached hydrogens (tertiary/aromatic N) is 2. The molecule has 1 saturated carbocycles. The second-order valence-corrected chi connectivity index (χ2v) is 7.56. The van der Waals surface area contributed by atoms with Crippen molar-refractivity contribution >= 4 is 35.6 Å². The monoisotopic (exact) mass is 394 g/mol. The molecule has 28 heavy (non-hydrogen) atoms. The van der Waals surface area contributed by atoms with Gasteiger partial charge in [0.15, 0.2) is 0 Å². The molecular formula is C18H22N2O8. The summed E-state index contributed by atoms with van der Waals surface area (Å²) < 4.78 is 0. The van der Waals surface area contributed by atoms with E-state index in [1.54, 1.807) is 0 Å². The fourth-order valence-corrected chi connectivity index (χ4v) is 3.96. The summed E-state index contributed by atoms with van der Waals surface area (Å²) in [5, 5.41) is 1.02. The largest absolute Gasteiger partial charge is 0.336 e. The van der Waals surface area contributed by atoms with Crippen molar-refractivity contribution in [3.8, 4) is 0 Å². The number of rotatable bonds is 5. The lowest BCUT2D eigenvalue weighted by atomic mass is 9.89. The first kappa shape index (κ1) is 20.0. The van der Waals surface area contributed by atoms with Crippen molar-refractivity contribution in [3.05, 3.63) is 0 Å². The lowest BCUT2D eigenvalue weighted by Crippen LogP contribution is -2.35. The second kappa shape index (κ2) is 7.69. The standard InChI is InChI=1S/C18H22N2O8/c1-9-10(2)12(18(26)28-20-15(23)5-6-16(20)24)7-11(9)8-17(25)27-19-13(21)3-4-14(19)22/h9-12H,3-8H2,1-2H3/t9-,10+,11?,12-/m0/s1. The SMILES string of the molecule is C[C@H]1[C@@H](C(=O)ON2C(=O)CCC2=O)CC(CC(=O)ON2C(=O)CCC2=O)[C@H]1C. The molecule has 4 atom stereocenters. The fraction of sp³-hybridized carbons (Fsp3) is 0.667. The molecule has 0 aromatic heterocycles. The first-order chi connectivity index (χ1) is 13.2. The van der Waals surface area contributed by atoms with Gasteiger partial charge in [-0.1, -0.05) is 13.8 Å². The van der Waals surface area contributed by atoms with E-state index in [-0.39, 0.29) is 49.9 Å². The van der Waals surface area contributed by atoms with Crippen LogP contribution in [0.1, 0.15) is 52.4 Å². The molecule has 3 aliphatic rings. The Hall–Kier alpha value is -2.78. The van der Waals surface area contributed by atoms with Crippen LogP contribution in [0.2, 0.25) is 0 Å². The fourth-order valence-electron chi connectivity index (χ4n) is 3.96. The molecule has 4 amide bonds. The minimum atomic E-state index is -0.716. The molecule has 1 unspecified atom stereocenters. The number of carbonyl (C=O) groups excluding carboxylic acids is 6. The molecule has 0 N–H and O–H groups in total. The topological polar surface area (TPSA) is 127 Å². The van der Waals surface area contributed by atoms with Gasteiger partial charge in [0.05, 0.1) is 12.3 Å². The maximum absolute atomic E-state index is 12.5. The summed E-state index contributed by atoms with van der Waals surface area (Å²) in [5.41, 5.74) is 0. The normalized spacial score (nSPS) is 30.4. The first-order valence-corrected chi connectivity index (χ1v) is 9.33. The molecular weight excluding hydrogens is 372 g/mol. The molecule has 2 heterocycles. The molecule has 10 heteroatoms. The van der Waals surface area contributed by atoms with E-state index in [0.29, 0.717) is 16.5 Å². The zero-order valence-corrected chi connectivity index (χ0v) is 15.7. The molecule has 0 aromatic carbocycles. The van der Waals surface area contributed by atoms with Gasteiger partial charge in [-0.25, -0.2) is 9.59 Å². The van der Waals surface area contributed by atoms with Gasteiger partial charge in [-0.2, -0.15) is 0 Å². The maximum Gasteiger partial charge on any atom is 0.336 e. The van der Waals surface area contributed by atoms with Gasteiger partial charge in [0.2, 0.25) is 0 Å². The van der Waals surface area contributed by atoms with Crippen molar-refractivity contribution in [2.75, 3.05) is 0 Å². The number of carbonyl (C=O) groups is 6. The van der Waals surface area contributed by atoms with Gasteiger partial charge in [-0.3, -0.25) is 19.2 Å². The van der Waals surface area contributed by atoms with E-state index in [4.69, 9.17) is 9.68 Å². The number of hydroxylamine groups is 4. The molecule has 2 saturated heterocycles. The first-order valence-electron chi connectivity index (χ1n) is 9.33. The van der Waals surface area contributed by atoms with Crippen LogP contribution in [0, 0.1) is 23.7 Å². The highest BCUT2D eigenvalue weighted by molar-refractivity contribution is 6.02. The van der Waals surface area contributed by atoms with Crippen LogP contribution in [0.5, 0.6) is 0 Å². The molecule has 10 nitrogen and oxygen atoms in total. The summed E-state index contributed by atoms with van der Waals surface area (Å²) in [6, 6.07) is 0. The van der Waals surface area contributed by atoms with Gasteiger partial charge in [0, 0.05) is 25.7 Å². The van der Waals surface area contributed by atoms with E-state index in [2.05, 4.69) is 0 Å². The van der Waals surface area contributed by atoms with Gasteiger partial charge < -0.3 is 9.68 Å². The lowest BCUT2D eigenvalue weighted by Gasteiger charge is -2.20. The third-order valence-electron chi connectivity index (χ3n) is 5.88. The Bertz CT molecular complexity index is 716. The molecule has 152 valence electrons. The highest BCUT2D eigenvalue weighted by Gasteiger charge is 2.46. The highest BCUT2D eigenvalue weighted by atomic mass is 16.7. The van der Waals surface area contributed by atoms with Crippen LogP contribution < -0.4 is 0 Å². The molecule has 1 aliphatic carbocycles. The van der Waals surface area contributed by atoms with Gasteiger partial charge in [-0.15, -0.1) is 10.1 Å². The molecule has 3 fully saturated rings. The maximum atomic E-state index is 12.5. The third kappa shape index (κ3) is 3.76. The Morgan fingerprint density at radius 2 is 1.29 bits per heavy atom. The van der Waals surface area contributed by atoms with Crippen molar-refractivity contribution in [3.63, 3.8) is 0 Å². The Kier molecular flexibility index (Phi) is 5.48. The molecule has 2 aliphatic heterocycles. The molecule has 0 bridgehead atoms. The van der Waals surface area contributed by atoms with E-state index < -0.39 is 41.5 Å². The van der Waals surface area contributed by atoms with E-state index >= 15 is 0 Å². The highest BCUT2D eigenvalue weighted by Crippen LogP contribution is 2.43. The van der Waals surface area contributed by atoms with Gasteiger partial charge in [0.1, 0.15) is 0 Å². The zero-order chi connectivity index (χ0) is 20.6. The van der Waals surface area contributed by atoms with Crippen LogP contribution in [0.3, 0.4) is 0 Å². The van der Waals surface area contributed by atoms with Gasteiger partial charge >= 0.3 is 11.9 Å². The quantitative estimate of drug-likeness (QED) is 0.617. The van der Waals surface area contributed by atoms with Crippen molar-refractivity contribution in [1.82, 2.24) is 10.1 Å². The summed E-state index contributed by atoms with van der Waals surface area (Å²) in [7, 11) is 0. The minimum absolute atomic E-state index is 0.0187. The van der Waals surface area contributed by atoms with Gasteiger partial charge in [-0.05, 0) is 24.2 Å². The van der Waals surface area contributed by atoms with E-state index in [1.165, 1.54) is 0 Å². The number of hydrogen-bond donors (Lipinski definition) is 0. The van der Waals surface area contributed by atoms with Crippen molar-refractivity contribution in [1.29, 1.82) is 0 Å². The Balaban J connectivity index is 1.57. The summed E-state index contributed by atoms with van der Waals surface area (Å²) in [5.74, 6) is -4.57. The summed E-state index contributed by atoms with van der Waals surface area (Å²) in [4.78, 5) is 80.8. The van der Waals surface area contributed by atoms with Crippen LogP contribution in [-0.2, 0) is 38.4 Å². The van der Waals surface area contributed by atoms with Crippen molar-refractivity contribution in [2.24, 2.45) is 23.7 Å². The predicted molar refractivity (Wildman–Crippen MR) is 88.9 cm³/mol. The van der Waals surface area contributed by atoms with Crippen LogP contribution in [0.4, 0.5) is 0 Å². The smallest absolute Gasteiger partial charge is 0.330 e. The lowest BCUT2D eigenvalue weighted by molar-refractivity contribution is -0.201. The zero-order valence-electron chi connectivity index (χ0n) is 15.7. The van der Waals surface area contributed by atoms with Crippen LogP contribution in [0.25, 0.3) is 0 Å². The molecule has 3 rings (SSSR count). The van der Waals surface area contributed by atoms with Crippen molar-refractivity contribution in [2.45, 2.75) is 52.4 Å². The predicted octanol–water partition coefficient (Wildman–Crippen LogP) is 0.499. The molecule has 0 aromatic rings. The Morgan fingerprint density at radius 3 is 1.79 bits per heavy atom. The summed E-state index contributed by atoms with van der Waals surface area (Å²) in [6.07, 6.45) is 0.328. The number of hydrogen-bond acceptors (Lipinski definition) is 8. The molecule has 0 spiro atoms. The van der Waals surface area contributed by atoms with Crippen LogP contribution in [0.15, 0.2) is 0 Å². The molecule has 0 radical (unpaired) electrons.